The maximum Gasteiger partial charge on any atom is 0.175 e. The van der Waals surface area contributed by atoms with Crippen molar-refractivity contribution >= 4 is 21.9 Å². The number of ketones is 1. The van der Waals surface area contributed by atoms with E-state index < -0.39 is 9.84 Å². The van der Waals surface area contributed by atoms with Crippen LogP contribution in [0.1, 0.15) is 30.4 Å². The SMILES string of the molecule is Cc1c(CCC(=O)C2CCC(C=O)N(C)C2)cccc1-c1ccc(S(C)(=O)=O)cc1. The molecule has 6 heteroatoms. The van der Waals surface area contributed by atoms with Crippen molar-refractivity contribution in [3.05, 3.63) is 53.6 Å². The van der Waals surface area contributed by atoms with Crippen LogP contribution in [0.3, 0.4) is 0 Å². The molecule has 5 nitrogen and oxygen atoms in total. The summed E-state index contributed by atoms with van der Waals surface area (Å²) in [5.74, 6) is 0.256. The van der Waals surface area contributed by atoms with Crippen molar-refractivity contribution in [2.75, 3.05) is 19.8 Å². The Morgan fingerprint density at radius 3 is 2.43 bits per heavy atom. The summed E-state index contributed by atoms with van der Waals surface area (Å²) >= 11 is 0. The lowest BCUT2D eigenvalue weighted by atomic mass is 9.87. The number of hydrogen-bond acceptors (Lipinski definition) is 5. The molecule has 0 N–H and O–H groups in total. The third-order valence-electron chi connectivity index (χ3n) is 6.18. The van der Waals surface area contributed by atoms with Gasteiger partial charge in [0.15, 0.2) is 9.84 Å². The maximum absolute atomic E-state index is 12.7. The highest BCUT2D eigenvalue weighted by Gasteiger charge is 2.29. The molecule has 3 rings (SSSR count). The van der Waals surface area contributed by atoms with Crippen molar-refractivity contribution in [1.82, 2.24) is 4.90 Å². The molecule has 160 valence electrons. The van der Waals surface area contributed by atoms with E-state index in [1.54, 1.807) is 12.1 Å². The fourth-order valence-corrected chi connectivity index (χ4v) is 4.84. The van der Waals surface area contributed by atoms with E-state index in [-0.39, 0.29) is 17.7 Å². The van der Waals surface area contributed by atoms with E-state index in [0.29, 0.717) is 24.3 Å². The molecule has 0 saturated carbocycles. The van der Waals surface area contributed by atoms with E-state index >= 15 is 0 Å². The zero-order valence-corrected chi connectivity index (χ0v) is 18.6. The minimum Gasteiger partial charge on any atom is -0.302 e. The van der Waals surface area contributed by atoms with Crippen LogP contribution in [0.2, 0.25) is 0 Å². The van der Waals surface area contributed by atoms with Gasteiger partial charge in [-0.3, -0.25) is 9.69 Å². The molecular weight excluding hydrogens is 398 g/mol. The van der Waals surface area contributed by atoms with Gasteiger partial charge in [-0.05, 0) is 67.6 Å². The van der Waals surface area contributed by atoms with Gasteiger partial charge in [0.05, 0.1) is 10.9 Å². The number of aldehydes is 1. The van der Waals surface area contributed by atoms with Crippen LogP contribution < -0.4 is 0 Å². The zero-order chi connectivity index (χ0) is 21.9. The van der Waals surface area contributed by atoms with Gasteiger partial charge in [0.25, 0.3) is 0 Å². The molecule has 2 aromatic carbocycles. The summed E-state index contributed by atoms with van der Waals surface area (Å²) in [7, 11) is -1.31. The van der Waals surface area contributed by atoms with E-state index in [1.165, 1.54) is 6.26 Å². The van der Waals surface area contributed by atoms with E-state index in [0.717, 1.165) is 41.4 Å². The molecule has 0 radical (unpaired) electrons. The number of carbonyl (C=O) groups is 2. The molecule has 1 aliphatic rings. The van der Waals surface area contributed by atoms with Crippen molar-refractivity contribution in [2.45, 2.75) is 43.5 Å². The van der Waals surface area contributed by atoms with Crippen molar-refractivity contribution in [3.8, 4) is 11.1 Å². The number of likely N-dealkylation sites (N-methyl/N-ethyl adjacent to an activating group) is 1. The van der Waals surface area contributed by atoms with Crippen LogP contribution in [0.15, 0.2) is 47.4 Å². The summed E-state index contributed by atoms with van der Waals surface area (Å²) in [5, 5.41) is 0. The molecule has 0 amide bonds. The minimum absolute atomic E-state index is 0.00164. The van der Waals surface area contributed by atoms with Gasteiger partial charge in [-0.15, -0.1) is 0 Å². The van der Waals surface area contributed by atoms with E-state index in [1.807, 2.05) is 49.2 Å². The first-order chi connectivity index (χ1) is 14.2. The number of likely N-dealkylation sites (tertiary alicyclic amines) is 1. The molecule has 1 saturated heterocycles. The predicted molar refractivity (Wildman–Crippen MR) is 118 cm³/mol. The summed E-state index contributed by atoms with van der Waals surface area (Å²) in [6.07, 6.45) is 4.86. The van der Waals surface area contributed by atoms with Gasteiger partial charge in [-0.2, -0.15) is 0 Å². The number of carbonyl (C=O) groups excluding carboxylic acids is 2. The number of piperidine rings is 1. The number of rotatable bonds is 7. The molecule has 0 aromatic heterocycles. The first-order valence-electron chi connectivity index (χ1n) is 10.3. The Balaban J connectivity index is 1.70. The third kappa shape index (κ3) is 5.05. The standard InChI is InChI=1S/C24H29NO4S/c1-17-18(10-14-24(27)20-7-11-21(16-26)25(2)15-20)5-4-6-23(17)19-8-12-22(13-9-19)30(3,28)29/h4-6,8-9,12-13,16,20-21H,7,10-11,14-15H2,1-3H3. The Kier molecular flexibility index (Phi) is 6.88. The number of benzene rings is 2. The second-order valence-electron chi connectivity index (χ2n) is 8.27. The van der Waals surface area contributed by atoms with Gasteiger partial charge in [-0.25, -0.2) is 8.42 Å². The quantitative estimate of drug-likeness (QED) is 0.633. The molecule has 2 aromatic rings. The second-order valence-corrected chi connectivity index (χ2v) is 10.3. The van der Waals surface area contributed by atoms with Crippen LogP contribution in [-0.4, -0.2) is 51.3 Å². The molecular formula is C24H29NO4S. The summed E-state index contributed by atoms with van der Waals surface area (Å²) in [5.41, 5.74) is 4.25. The highest BCUT2D eigenvalue weighted by Crippen LogP contribution is 2.28. The second kappa shape index (κ2) is 9.23. The number of hydrogen-bond donors (Lipinski definition) is 0. The Labute approximate surface area is 179 Å². The fourth-order valence-electron chi connectivity index (χ4n) is 4.21. The monoisotopic (exact) mass is 427 g/mol. The number of Topliss-reactive ketones (excluding diaryl/α,β-unsaturated/α-hetero) is 1. The molecule has 1 heterocycles. The van der Waals surface area contributed by atoms with Crippen molar-refractivity contribution in [1.29, 1.82) is 0 Å². The van der Waals surface area contributed by atoms with Crippen LogP contribution in [0, 0.1) is 12.8 Å². The lowest BCUT2D eigenvalue weighted by Crippen LogP contribution is -2.43. The van der Waals surface area contributed by atoms with Gasteiger partial charge < -0.3 is 4.79 Å². The highest BCUT2D eigenvalue weighted by atomic mass is 32.2. The number of nitrogens with zero attached hydrogens (tertiary/aromatic N) is 1. The molecule has 0 aliphatic carbocycles. The maximum atomic E-state index is 12.7. The lowest BCUT2D eigenvalue weighted by Gasteiger charge is -2.33. The number of sulfone groups is 1. The number of aryl methyl sites for hydroxylation is 1. The Bertz CT molecular complexity index is 1030. The minimum atomic E-state index is -3.22. The van der Waals surface area contributed by atoms with E-state index in [2.05, 4.69) is 0 Å². The van der Waals surface area contributed by atoms with Gasteiger partial charge in [-0.1, -0.05) is 30.3 Å². The smallest absolute Gasteiger partial charge is 0.175 e. The van der Waals surface area contributed by atoms with Crippen LogP contribution in [-0.2, 0) is 25.8 Å². The van der Waals surface area contributed by atoms with Gasteiger partial charge in [0.1, 0.15) is 12.1 Å². The van der Waals surface area contributed by atoms with Crippen LogP contribution in [0.25, 0.3) is 11.1 Å². The van der Waals surface area contributed by atoms with Crippen molar-refractivity contribution in [3.63, 3.8) is 0 Å². The first kappa shape index (κ1) is 22.4. The molecule has 2 unspecified atom stereocenters. The summed E-state index contributed by atoms with van der Waals surface area (Å²) in [6.45, 7) is 2.69. The van der Waals surface area contributed by atoms with Crippen LogP contribution >= 0.6 is 0 Å². The molecule has 0 spiro atoms. The van der Waals surface area contributed by atoms with E-state index in [9.17, 15) is 18.0 Å². The van der Waals surface area contributed by atoms with Crippen molar-refractivity contribution in [2.24, 2.45) is 5.92 Å². The summed E-state index contributed by atoms with van der Waals surface area (Å²) in [6, 6.07) is 12.9. The first-order valence-corrected chi connectivity index (χ1v) is 12.2. The molecule has 2 atom stereocenters. The van der Waals surface area contributed by atoms with Crippen LogP contribution in [0.5, 0.6) is 0 Å². The topological polar surface area (TPSA) is 71.5 Å². The molecule has 0 bridgehead atoms. The molecule has 1 aliphatic heterocycles. The Morgan fingerprint density at radius 2 is 1.83 bits per heavy atom. The van der Waals surface area contributed by atoms with Gasteiger partial charge >= 0.3 is 0 Å². The highest BCUT2D eigenvalue weighted by molar-refractivity contribution is 7.90. The summed E-state index contributed by atoms with van der Waals surface area (Å²) < 4.78 is 23.4. The third-order valence-corrected chi connectivity index (χ3v) is 7.31. The van der Waals surface area contributed by atoms with Gasteiger partial charge in [0.2, 0.25) is 0 Å². The average Bonchev–Trinajstić information content (AvgIpc) is 2.72. The van der Waals surface area contributed by atoms with Crippen molar-refractivity contribution < 1.29 is 18.0 Å². The normalized spacial score (nSPS) is 20.1. The lowest BCUT2D eigenvalue weighted by molar-refractivity contribution is -0.126. The summed E-state index contributed by atoms with van der Waals surface area (Å²) in [4.78, 5) is 26.1. The Morgan fingerprint density at radius 1 is 1.13 bits per heavy atom. The fraction of sp³-hybridized carbons (Fsp3) is 0.417. The Hall–Kier alpha value is -2.31. The van der Waals surface area contributed by atoms with Crippen LogP contribution in [0.4, 0.5) is 0 Å². The van der Waals surface area contributed by atoms with E-state index in [4.69, 9.17) is 0 Å². The largest absolute Gasteiger partial charge is 0.302 e. The molecule has 1 fully saturated rings. The zero-order valence-electron chi connectivity index (χ0n) is 17.8. The molecule has 30 heavy (non-hydrogen) atoms. The predicted octanol–water partition coefficient (Wildman–Crippen LogP) is 3.48. The van der Waals surface area contributed by atoms with Gasteiger partial charge in [0, 0.05) is 25.1 Å². The average molecular weight is 428 g/mol.